The van der Waals surface area contributed by atoms with E-state index in [2.05, 4.69) is 23.3 Å². The monoisotopic (exact) mass is 363 g/mol. The minimum atomic E-state index is -1.10. The van der Waals surface area contributed by atoms with Crippen molar-refractivity contribution >= 4 is 58.9 Å². The van der Waals surface area contributed by atoms with Gasteiger partial charge in [0.1, 0.15) is 0 Å². The second-order valence-electron chi connectivity index (χ2n) is 4.77. The van der Waals surface area contributed by atoms with Crippen molar-refractivity contribution < 1.29 is 19.2 Å². The summed E-state index contributed by atoms with van der Waals surface area (Å²) >= 11 is 9.96. The molecule has 0 aliphatic rings. The van der Waals surface area contributed by atoms with Gasteiger partial charge in [-0.25, -0.2) is 13.9 Å². The van der Waals surface area contributed by atoms with E-state index >= 15 is 0 Å². The van der Waals surface area contributed by atoms with Crippen molar-refractivity contribution in [2.24, 2.45) is 0 Å². The summed E-state index contributed by atoms with van der Waals surface area (Å²) in [4.78, 5) is 23.3. The predicted molar refractivity (Wildman–Crippen MR) is 92.9 cm³/mol. The Kier molecular flexibility index (Phi) is 4.32. The number of carboxylic acid groups (broad SMARTS) is 1. The third-order valence-corrected chi connectivity index (χ3v) is 3.84. The van der Waals surface area contributed by atoms with E-state index < -0.39 is 12.0 Å². The second kappa shape index (κ2) is 6.42. The maximum absolute atomic E-state index is 12.3. The molecule has 7 nitrogen and oxygen atoms in total. The molecule has 0 unspecified atom stereocenters. The van der Waals surface area contributed by atoms with Crippen LogP contribution in [0.5, 0.6) is 0 Å². The first-order valence-corrected chi connectivity index (χ1v) is 7.42. The van der Waals surface area contributed by atoms with Gasteiger partial charge >= 0.3 is 12.0 Å². The Hall–Kier alpha value is -2.71. The number of carboxylic acids is 1. The van der Waals surface area contributed by atoms with Gasteiger partial charge in [-0.05, 0) is 30.3 Å². The number of rotatable bonds is 3. The van der Waals surface area contributed by atoms with Crippen molar-refractivity contribution in [3.05, 3.63) is 53.1 Å². The Morgan fingerprint density at radius 1 is 1.25 bits per heavy atom. The van der Waals surface area contributed by atoms with Crippen LogP contribution in [0.3, 0.4) is 0 Å². The highest BCUT2D eigenvalue weighted by molar-refractivity contribution is 7.82. The number of carbonyl (C=O) groups excluding carboxylic acids is 1. The number of aromatic nitrogens is 1. The quantitative estimate of drug-likeness (QED) is 0.610. The summed E-state index contributed by atoms with van der Waals surface area (Å²) in [5.74, 6) is -0.890. The Morgan fingerprint density at radius 3 is 2.79 bits per heavy atom. The van der Waals surface area contributed by atoms with Crippen LogP contribution >= 0.6 is 24.4 Å². The molecule has 0 aliphatic heterocycles. The van der Waals surface area contributed by atoms with Crippen molar-refractivity contribution in [3.63, 3.8) is 0 Å². The molecular weight excluding hydrogens is 354 g/mol. The number of hydrogen-bond acceptors (Lipinski definition) is 5. The van der Waals surface area contributed by atoms with E-state index in [0.29, 0.717) is 21.7 Å². The molecule has 0 saturated carbocycles. The summed E-state index contributed by atoms with van der Waals surface area (Å²) in [6, 6.07) is 10.1. The number of nitrogens with zero attached hydrogens (tertiary/aromatic N) is 2. The van der Waals surface area contributed by atoms with E-state index in [-0.39, 0.29) is 11.4 Å². The van der Waals surface area contributed by atoms with Gasteiger partial charge in [0.2, 0.25) is 0 Å². The number of anilines is 2. The first-order valence-electron chi connectivity index (χ1n) is 6.64. The summed E-state index contributed by atoms with van der Waals surface area (Å²) < 4.78 is 6.07. The van der Waals surface area contributed by atoms with Gasteiger partial charge in [0.25, 0.3) is 0 Å². The molecule has 0 fully saturated rings. The summed E-state index contributed by atoms with van der Waals surface area (Å²) in [5.41, 5.74) is 0.767. The standard InChI is InChI=1S/C15H10ClN3O4S/c16-9-4-5-11-12(7-9)23-18-13(11)17-15(22)19(24)10-3-1-2-8(6-10)14(20)21/h1-7,24H,(H,20,21)(H,17,18,22). The van der Waals surface area contributed by atoms with Crippen molar-refractivity contribution in [3.8, 4) is 0 Å². The lowest BCUT2D eigenvalue weighted by Gasteiger charge is -2.16. The van der Waals surface area contributed by atoms with Crippen LogP contribution in [0.15, 0.2) is 47.0 Å². The van der Waals surface area contributed by atoms with Crippen LogP contribution in [-0.2, 0) is 0 Å². The van der Waals surface area contributed by atoms with Crippen LogP contribution in [0.1, 0.15) is 10.4 Å². The maximum atomic E-state index is 12.3. The van der Waals surface area contributed by atoms with Gasteiger partial charge in [-0.1, -0.05) is 35.6 Å². The number of fused-ring (bicyclic) bond motifs is 1. The van der Waals surface area contributed by atoms with Gasteiger partial charge < -0.3 is 9.63 Å². The van der Waals surface area contributed by atoms with Crippen LogP contribution in [0.4, 0.5) is 16.3 Å². The Labute approximate surface area is 146 Å². The van der Waals surface area contributed by atoms with Crippen molar-refractivity contribution in [2.75, 3.05) is 9.62 Å². The molecule has 24 heavy (non-hydrogen) atoms. The lowest BCUT2D eigenvalue weighted by atomic mass is 10.2. The minimum Gasteiger partial charge on any atom is -0.478 e. The number of nitrogens with one attached hydrogen (secondary N) is 1. The molecule has 0 atom stereocenters. The fourth-order valence-corrected chi connectivity index (χ4v) is 2.38. The van der Waals surface area contributed by atoms with E-state index in [1.165, 1.54) is 18.2 Å². The number of carbonyl (C=O) groups is 2. The molecule has 3 aromatic rings. The molecule has 0 aliphatic carbocycles. The number of urea groups is 1. The summed E-state index contributed by atoms with van der Waals surface area (Å²) in [6.45, 7) is 0. The van der Waals surface area contributed by atoms with Crippen molar-refractivity contribution in [1.29, 1.82) is 0 Å². The molecule has 2 amide bonds. The first kappa shape index (κ1) is 16.2. The van der Waals surface area contributed by atoms with Crippen LogP contribution in [-0.4, -0.2) is 22.3 Å². The smallest absolute Gasteiger partial charge is 0.337 e. The zero-order valence-corrected chi connectivity index (χ0v) is 13.6. The molecule has 9 heteroatoms. The average molecular weight is 364 g/mol. The highest BCUT2D eigenvalue weighted by Crippen LogP contribution is 2.27. The molecule has 0 radical (unpaired) electrons. The Balaban J connectivity index is 1.83. The molecule has 1 aromatic heterocycles. The zero-order valence-electron chi connectivity index (χ0n) is 11.9. The summed E-state index contributed by atoms with van der Waals surface area (Å²) in [6.07, 6.45) is 0. The maximum Gasteiger partial charge on any atom is 0.337 e. The molecular formula is C15H10ClN3O4S. The Morgan fingerprint density at radius 2 is 2.04 bits per heavy atom. The van der Waals surface area contributed by atoms with Crippen LogP contribution in [0.2, 0.25) is 5.02 Å². The molecule has 2 N–H and O–H groups in total. The highest BCUT2D eigenvalue weighted by atomic mass is 35.5. The third kappa shape index (κ3) is 3.15. The number of hydrogen-bond donors (Lipinski definition) is 3. The molecule has 3 rings (SSSR count). The third-order valence-electron chi connectivity index (χ3n) is 3.19. The van der Waals surface area contributed by atoms with Gasteiger partial charge in [-0.3, -0.25) is 5.32 Å². The molecule has 1 heterocycles. The summed E-state index contributed by atoms with van der Waals surface area (Å²) in [5, 5.41) is 16.4. The van der Waals surface area contributed by atoms with E-state index in [9.17, 15) is 9.59 Å². The lowest BCUT2D eigenvalue weighted by Crippen LogP contribution is -2.27. The van der Waals surface area contributed by atoms with E-state index in [4.69, 9.17) is 21.2 Å². The van der Waals surface area contributed by atoms with Crippen LogP contribution in [0, 0.1) is 0 Å². The largest absolute Gasteiger partial charge is 0.478 e. The molecule has 0 saturated heterocycles. The molecule has 0 spiro atoms. The minimum absolute atomic E-state index is 0.0425. The lowest BCUT2D eigenvalue weighted by molar-refractivity contribution is 0.0697. The first-order chi connectivity index (χ1) is 11.5. The van der Waals surface area contributed by atoms with Gasteiger partial charge in [0, 0.05) is 11.1 Å². The van der Waals surface area contributed by atoms with E-state index in [0.717, 1.165) is 4.31 Å². The number of halogens is 1. The molecule has 122 valence electrons. The second-order valence-corrected chi connectivity index (χ2v) is 5.61. The summed E-state index contributed by atoms with van der Waals surface area (Å²) in [7, 11) is 0. The van der Waals surface area contributed by atoms with Gasteiger partial charge in [0.05, 0.1) is 16.6 Å². The SMILES string of the molecule is O=C(O)c1cccc(N(S)C(=O)Nc2noc3cc(Cl)ccc23)c1. The fraction of sp³-hybridized carbons (Fsp3) is 0. The van der Waals surface area contributed by atoms with Crippen molar-refractivity contribution in [1.82, 2.24) is 5.16 Å². The number of aromatic carboxylic acids is 1. The molecule has 2 aromatic carbocycles. The highest BCUT2D eigenvalue weighted by Gasteiger charge is 2.17. The predicted octanol–water partition coefficient (Wildman–Crippen LogP) is 4.06. The van der Waals surface area contributed by atoms with Crippen LogP contribution < -0.4 is 9.62 Å². The molecule has 0 bridgehead atoms. The normalized spacial score (nSPS) is 10.6. The van der Waals surface area contributed by atoms with Gasteiger partial charge in [0.15, 0.2) is 11.4 Å². The number of benzene rings is 2. The number of thiol groups is 1. The Bertz CT molecular complexity index is 943. The van der Waals surface area contributed by atoms with Gasteiger partial charge in [-0.15, -0.1) is 0 Å². The van der Waals surface area contributed by atoms with Crippen molar-refractivity contribution in [2.45, 2.75) is 0 Å². The van der Waals surface area contributed by atoms with Gasteiger partial charge in [-0.2, -0.15) is 0 Å². The average Bonchev–Trinajstić information content (AvgIpc) is 2.96. The zero-order chi connectivity index (χ0) is 17.3. The van der Waals surface area contributed by atoms with E-state index in [1.807, 2.05) is 0 Å². The van der Waals surface area contributed by atoms with E-state index in [1.54, 1.807) is 24.3 Å². The fourth-order valence-electron chi connectivity index (χ4n) is 2.04. The van der Waals surface area contributed by atoms with Crippen LogP contribution in [0.25, 0.3) is 11.0 Å². The number of amides is 2. The topological polar surface area (TPSA) is 95.7 Å².